The van der Waals surface area contributed by atoms with Crippen LogP contribution in [-0.2, 0) is 9.53 Å². The first-order valence-corrected chi connectivity index (χ1v) is 6.43. The van der Waals surface area contributed by atoms with Crippen molar-refractivity contribution in [1.29, 1.82) is 0 Å². The summed E-state index contributed by atoms with van der Waals surface area (Å²) in [6.07, 6.45) is 1.38. The van der Waals surface area contributed by atoms with Gasteiger partial charge in [-0.25, -0.2) is 0 Å². The van der Waals surface area contributed by atoms with E-state index in [1.165, 1.54) is 0 Å². The van der Waals surface area contributed by atoms with Gasteiger partial charge in [-0.1, -0.05) is 18.2 Å². The molecule has 0 aromatic heterocycles. The van der Waals surface area contributed by atoms with Crippen LogP contribution < -0.4 is 10.6 Å². The van der Waals surface area contributed by atoms with Gasteiger partial charge in [-0.3, -0.25) is 4.79 Å². The van der Waals surface area contributed by atoms with E-state index in [2.05, 4.69) is 17.6 Å². The number of amides is 1. The summed E-state index contributed by atoms with van der Waals surface area (Å²) < 4.78 is 5.48. The number of carbonyl (C=O) groups excluding carboxylic acids is 1. The Bertz CT molecular complexity index is 381. The third-order valence-corrected chi connectivity index (χ3v) is 3.28. The number of para-hydroxylation sites is 1. The van der Waals surface area contributed by atoms with Crippen molar-refractivity contribution in [3.05, 3.63) is 30.3 Å². The van der Waals surface area contributed by atoms with Crippen LogP contribution in [0.3, 0.4) is 0 Å². The van der Waals surface area contributed by atoms with Crippen LogP contribution in [0.2, 0.25) is 0 Å². The fourth-order valence-electron chi connectivity index (χ4n) is 2.14. The first-order valence-electron chi connectivity index (χ1n) is 6.43. The van der Waals surface area contributed by atoms with E-state index in [-0.39, 0.29) is 5.91 Å². The van der Waals surface area contributed by atoms with E-state index in [0.717, 1.165) is 25.3 Å². The zero-order valence-electron chi connectivity index (χ0n) is 10.7. The van der Waals surface area contributed by atoms with Crippen LogP contribution in [0.1, 0.15) is 13.3 Å². The smallest absolute Gasteiger partial charge is 0.238 e. The number of benzene rings is 1. The van der Waals surface area contributed by atoms with Crippen LogP contribution in [0, 0.1) is 5.92 Å². The zero-order chi connectivity index (χ0) is 12.8. The lowest BCUT2D eigenvalue weighted by Gasteiger charge is -2.14. The molecule has 2 atom stereocenters. The standard InChI is InChI=1S/C14H20N2O2/c1-11-12(7-8-18-11)9-15-10-14(17)16-13-5-3-2-4-6-13/h2-6,11-12,15H,7-10H2,1H3,(H,16,17). The van der Waals surface area contributed by atoms with Crippen molar-refractivity contribution in [2.24, 2.45) is 5.92 Å². The fourth-order valence-corrected chi connectivity index (χ4v) is 2.14. The van der Waals surface area contributed by atoms with Crippen molar-refractivity contribution >= 4 is 11.6 Å². The van der Waals surface area contributed by atoms with Crippen molar-refractivity contribution in [1.82, 2.24) is 5.32 Å². The van der Waals surface area contributed by atoms with Gasteiger partial charge < -0.3 is 15.4 Å². The Kier molecular flexibility index (Phi) is 4.73. The average molecular weight is 248 g/mol. The lowest BCUT2D eigenvalue weighted by Crippen LogP contribution is -2.33. The van der Waals surface area contributed by atoms with Crippen LogP contribution in [0.5, 0.6) is 0 Å². The fraction of sp³-hybridized carbons (Fsp3) is 0.500. The van der Waals surface area contributed by atoms with Gasteiger partial charge in [-0.05, 0) is 31.4 Å². The van der Waals surface area contributed by atoms with E-state index in [1.54, 1.807) is 0 Å². The van der Waals surface area contributed by atoms with Crippen LogP contribution in [-0.4, -0.2) is 31.7 Å². The molecule has 2 N–H and O–H groups in total. The van der Waals surface area contributed by atoms with Gasteiger partial charge in [0.2, 0.25) is 5.91 Å². The van der Waals surface area contributed by atoms with E-state index >= 15 is 0 Å². The molecule has 0 aliphatic carbocycles. The van der Waals surface area contributed by atoms with E-state index in [0.29, 0.717) is 18.6 Å². The first kappa shape index (κ1) is 13.1. The maximum atomic E-state index is 11.7. The van der Waals surface area contributed by atoms with Gasteiger partial charge in [-0.15, -0.1) is 0 Å². The van der Waals surface area contributed by atoms with Crippen molar-refractivity contribution in [2.45, 2.75) is 19.4 Å². The molecule has 18 heavy (non-hydrogen) atoms. The summed E-state index contributed by atoms with van der Waals surface area (Å²) in [4.78, 5) is 11.7. The highest BCUT2D eigenvalue weighted by Crippen LogP contribution is 2.19. The Morgan fingerprint density at radius 1 is 1.39 bits per heavy atom. The summed E-state index contributed by atoms with van der Waals surface area (Å²) in [7, 11) is 0. The minimum Gasteiger partial charge on any atom is -0.378 e. The number of hydrogen-bond donors (Lipinski definition) is 2. The van der Waals surface area contributed by atoms with Gasteiger partial charge in [0.15, 0.2) is 0 Å². The quantitative estimate of drug-likeness (QED) is 0.833. The van der Waals surface area contributed by atoms with E-state index < -0.39 is 0 Å². The number of anilines is 1. The van der Waals surface area contributed by atoms with Gasteiger partial charge in [0, 0.05) is 18.8 Å². The molecule has 1 aliphatic heterocycles. The molecule has 4 nitrogen and oxygen atoms in total. The Morgan fingerprint density at radius 2 is 2.17 bits per heavy atom. The Morgan fingerprint density at radius 3 is 2.83 bits per heavy atom. The third-order valence-electron chi connectivity index (χ3n) is 3.28. The predicted octanol–water partition coefficient (Wildman–Crippen LogP) is 1.64. The molecular formula is C14H20N2O2. The molecule has 2 unspecified atom stereocenters. The molecule has 1 aromatic carbocycles. The summed E-state index contributed by atoms with van der Waals surface area (Å²) >= 11 is 0. The van der Waals surface area contributed by atoms with Gasteiger partial charge in [0.1, 0.15) is 0 Å². The van der Waals surface area contributed by atoms with Crippen molar-refractivity contribution < 1.29 is 9.53 Å². The lowest BCUT2D eigenvalue weighted by atomic mass is 10.0. The normalized spacial score (nSPS) is 22.9. The van der Waals surface area contributed by atoms with Crippen molar-refractivity contribution in [3.63, 3.8) is 0 Å². The van der Waals surface area contributed by atoms with Crippen LogP contribution in [0.4, 0.5) is 5.69 Å². The molecule has 4 heteroatoms. The van der Waals surface area contributed by atoms with Crippen LogP contribution >= 0.6 is 0 Å². The molecule has 1 aliphatic rings. The molecule has 0 radical (unpaired) electrons. The van der Waals surface area contributed by atoms with Gasteiger partial charge in [-0.2, -0.15) is 0 Å². The highest BCUT2D eigenvalue weighted by atomic mass is 16.5. The highest BCUT2D eigenvalue weighted by molar-refractivity contribution is 5.92. The molecule has 1 amide bonds. The van der Waals surface area contributed by atoms with E-state index in [4.69, 9.17) is 4.74 Å². The third kappa shape index (κ3) is 3.82. The molecule has 1 heterocycles. The molecule has 2 rings (SSSR count). The van der Waals surface area contributed by atoms with Crippen LogP contribution in [0.15, 0.2) is 30.3 Å². The molecule has 1 fully saturated rings. The Hall–Kier alpha value is -1.39. The topological polar surface area (TPSA) is 50.4 Å². The second-order valence-electron chi connectivity index (χ2n) is 4.67. The molecule has 0 bridgehead atoms. The second kappa shape index (κ2) is 6.52. The maximum absolute atomic E-state index is 11.7. The minimum atomic E-state index is -0.00670. The molecule has 1 aromatic rings. The monoisotopic (exact) mass is 248 g/mol. The summed E-state index contributed by atoms with van der Waals surface area (Å²) in [6, 6.07) is 9.49. The summed E-state index contributed by atoms with van der Waals surface area (Å²) in [5.74, 6) is 0.516. The average Bonchev–Trinajstić information content (AvgIpc) is 2.76. The van der Waals surface area contributed by atoms with Crippen molar-refractivity contribution in [3.8, 4) is 0 Å². The van der Waals surface area contributed by atoms with Gasteiger partial charge in [0.25, 0.3) is 0 Å². The predicted molar refractivity (Wildman–Crippen MR) is 71.5 cm³/mol. The van der Waals surface area contributed by atoms with Crippen LogP contribution in [0.25, 0.3) is 0 Å². The Labute approximate surface area is 108 Å². The maximum Gasteiger partial charge on any atom is 0.238 e. The molecule has 1 saturated heterocycles. The van der Waals surface area contributed by atoms with E-state index in [9.17, 15) is 4.79 Å². The lowest BCUT2D eigenvalue weighted by molar-refractivity contribution is -0.115. The Balaban J connectivity index is 1.66. The SMILES string of the molecule is CC1OCCC1CNCC(=O)Nc1ccccc1. The first-order chi connectivity index (χ1) is 8.75. The molecule has 0 saturated carbocycles. The molecule has 0 spiro atoms. The number of carbonyl (C=O) groups is 1. The highest BCUT2D eigenvalue weighted by Gasteiger charge is 2.23. The second-order valence-corrected chi connectivity index (χ2v) is 4.67. The molecule has 98 valence electrons. The zero-order valence-corrected chi connectivity index (χ0v) is 10.7. The van der Waals surface area contributed by atoms with E-state index in [1.807, 2.05) is 30.3 Å². The summed E-state index contributed by atoms with van der Waals surface area (Å²) in [6.45, 7) is 4.11. The number of rotatable bonds is 5. The largest absolute Gasteiger partial charge is 0.378 e. The number of ether oxygens (including phenoxy) is 1. The van der Waals surface area contributed by atoms with Gasteiger partial charge >= 0.3 is 0 Å². The summed E-state index contributed by atoms with van der Waals surface area (Å²) in [5.41, 5.74) is 0.835. The summed E-state index contributed by atoms with van der Waals surface area (Å²) in [5, 5.41) is 6.03. The van der Waals surface area contributed by atoms with Gasteiger partial charge in [0.05, 0.1) is 12.6 Å². The number of nitrogens with one attached hydrogen (secondary N) is 2. The molecular weight excluding hydrogens is 228 g/mol. The number of hydrogen-bond acceptors (Lipinski definition) is 3. The minimum absolute atomic E-state index is 0.00670. The van der Waals surface area contributed by atoms with Crippen molar-refractivity contribution in [2.75, 3.05) is 25.0 Å².